The van der Waals surface area contributed by atoms with Crippen molar-refractivity contribution in [2.45, 2.75) is 46.6 Å². The van der Waals surface area contributed by atoms with Crippen molar-refractivity contribution < 1.29 is 14.6 Å². The molecule has 1 heterocycles. The Labute approximate surface area is 109 Å². The van der Waals surface area contributed by atoms with Crippen molar-refractivity contribution in [2.75, 3.05) is 13.2 Å². The van der Waals surface area contributed by atoms with Gasteiger partial charge in [-0.05, 0) is 24.8 Å². The van der Waals surface area contributed by atoms with E-state index in [4.69, 9.17) is 4.74 Å². The molecule has 0 saturated carbocycles. The van der Waals surface area contributed by atoms with Gasteiger partial charge in [-0.2, -0.15) is 0 Å². The van der Waals surface area contributed by atoms with Crippen LogP contribution in [0.3, 0.4) is 0 Å². The average molecular weight is 255 g/mol. The molecule has 0 saturated heterocycles. The Hall–Kier alpha value is -1.03. The summed E-state index contributed by atoms with van der Waals surface area (Å²) in [7, 11) is 0. The van der Waals surface area contributed by atoms with Gasteiger partial charge in [-0.15, -0.1) is 0 Å². The summed E-state index contributed by atoms with van der Waals surface area (Å²) in [5.74, 6) is 0.400. The Morgan fingerprint density at radius 2 is 2.22 bits per heavy atom. The fourth-order valence-corrected chi connectivity index (χ4v) is 2.12. The molecule has 0 aromatic carbocycles. The van der Waals surface area contributed by atoms with Gasteiger partial charge in [-0.3, -0.25) is 4.79 Å². The molecular formula is C14H25NO3. The van der Waals surface area contributed by atoms with E-state index in [9.17, 15) is 9.90 Å². The molecule has 0 spiro atoms. The van der Waals surface area contributed by atoms with Crippen LogP contribution in [0, 0.1) is 11.3 Å². The first kappa shape index (κ1) is 15.0. The number of allylic oxidation sites excluding steroid dienone is 1. The SMILES string of the molecule is CC(C)C(O)C(C)(C)CNC(=O)C1=CCCCO1. The first-order valence-electron chi connectivity index (χ1n) is 6.64. The zero-order chi connectivity index (χ0) is 13.8. The van der Waals surface area contributed by atoms with Gasteiger partial charge >= 0.3 is 0 Å². The molecule has 1 aliphatic heterocycles. The molecular weight excluding hydrogens is 230 g/mol. The second kappa shape index (κ2) is 6.23. The first-order chi connectivity index (χ1) is 8.34. The summed E-state index contributed by atoms with van der Waals surface area (Å²) < 4.78 is 5.30. The zero-order valence-corrected chi connectivity index (χ0v) is 11.8. The number of rotatable bonds is 5. The smallest absolute Gasteiger partial charge is 0.286 e. The highest BCUT2D eigenvalue weighted by Gasteiger charge is 2.31. The third-order valence-electron chi connectivity index (χ3n) is 3.30. The van der Waals surface area contributed by atoms with Crippen molar-refractivity contribution in [3.05, 3.63) is 11.8 Å². The predicted molar refractivity (Wildman–Crippen MR) is 70.9 cm³/mol. The van der Waals surface area contributed by atoms with E-state index in [0.29, 0.717) is 18.9 Å². The molecule has 4 nitrogen and oxygen atoms in total. The van der Waals surface area contributed by atoms with E-state index in [0.717, 1.165) is 12.8 Å². The second-order valence-corrected chi connectivity index (χ2v) is 5.92. The number of hydrogen-bond donors (Lipinski definition) is 2. The molecule has 1 atom stereocenters. The third kappa shape index (κ3) is 4.02. The number of carbonyl (C=O) groups excluding carboxylic acids is 1. The molecule has 1 amide bonds. The number of carbonyl (C=O) groups is 1. The van der Waals surface area contributed by atoms with E-state index in [1.54, 1.807) is 0 Å². The number of hydrogen-bond acceptors (Lipinski definition) is 3. The van der Waals surface area contributed by atoms with Crippen LogP contribution in [0.15, 0.2) is 11.8 Å². The van der Waals surface area contributed by atoms with Crippen molar-refractivity contribution in [1.82, 2.24) is 5.32 Å². The molecule has 1 aliphatic rings. The monoisotopic (exact) mass is 255 g/mol. The summed E-state index contributed by atoms with van der Waals surface area (Å²) in [6, 6.07) is 0. The molecule has 4 heteroatoms. The van der Waals surface area contributed by atoms with Crippen LogP contribution in [-0.4, -0.2) is 30.3 Å². The minimum atomic E-state index is -0.445. The van der Waals surface area contributed by atoms with Gasteiger partial charge in [-0.1, -0.05) is 27.7 Å². The van der Waals surface area contributed by atoms with Crippen LogP contribution in [0.5, 0.6) is 0 Å². The third-order valence-corrected chi connectivity index (χ3v) is 3.30. The molecule has 0 aliphatic carbocycles. The van der Waals surface area contributed by atoms with Crippen LogP contribution in [0.4, 0.5) is 0 Å². The maximum absolute atomic E-state index is 11.9. The lowest BCUT2D eigenvalue weighted by Gasteiger charge is -2.33. The van der Waals surface area contributed by atoms with E-state index in [2.05, 4.69) is 5.32 Å². The van der Waals surface area contributed by atoms with Gasteiger partial charge in [0.1, 0.15) is 0 Å². The van der Waals surface area contributed by atoms with Crippen molar-refractivity contribution in [2.24, 2.45) is 11.3 Å². The Morgan fingerprint density at radius 3 is 2.72 bits per heavy atom. The van der Waals surface area contributed by atoms with E-state index in [-0.39, 0.29) is 17.2 Å². The lowest BCUT2D eigenvalue weighted by Crippen LogP contribution is -2.44. The Kier molecular flexibility index (Phi) is 5.20. The van der Waals surface area contributed by atoms with E-state index in [1.807, 2.05) is 33.8 Å². The van der Waals surface area contributed by atoms with Gasteiger partial charge in [0.05, 0.1) is 12.7 Å². The van der Waals surface area contributed by atoms with Crippen molar-refractivity contribution in [3.8, 4) is 0 Å². The van der Waals surface area contributed by atoms with Crippen molar-refractivity contribution in [1.29, 1.82) is 0 Å². The number of nitrogens with one attached hydrogen (secondary N) is 1. The minimum absolute atomic E-state index is 0.169. The van der Waals surface area contributed by atoms with Crippen molar-refractivity contribution >= 4 is 5.91 Å². The maximum Gasteiger partial charge on any atom is 0.286 e. The lowest BCUT2D eigenvalue weighted by atomic mass is 9.80. The number of aliphatic hydroxyl groups is 1. The van der Waals surface area contributed by atoms with Crippen LogP contribution in [-0.2, 0) is 9.53 Å². The molecule has 0 radical (unpaired) electrons. The summed E-state index contributed by atoms with van der Waals surface area (Å²) in [6.45, 7) is 8.90. The number of amides is 1. The molecule has 0 fully saturated rings. The summed E-state index contributed by atoms with van der Waals surface area (Å²) in [4.78, 5) is 11.9. The van der Waals surface area contributed by atoms with Gasteiger partial charge in [0.2, 0.25) is 0 Å². The van der Waals surface area contributed by atoms with Gasteiger partial charge in [-0.25, -0.2) is 0 Å². The summed E-state index contributed by atoms with van der Waals surface area (Å²) in [6.07, 6.45) is 3.24. The van der Waals surface area contributed by atoms with Crippen LogP contribution >= 0.6 is 0 Å². The summed E-state index contributed by atoms with van der Waals surface area (Å²) in [5, 5.41) is 12.9. The molecule has 0 aromatic heterocycles. The average Bonchev–Trinajstić information content (AvgIpc) is 2.36. The largest absolute Gasteiger partial charge is 0.488 e. The highest BCUT2D eigenvalue weighted by Crippen LogP contribution is 2.25. The fraction of sp³-hybridized carbons (Fsp3) is 0.786. The van der Waals surface area contributed by atoms with Gasteiger partial charge in [0.25, 0.3) is 5.91 Å². The maximum atomic E-state index is 11.9. The highest BCUT2D eigenvalue weighted by molar-refractivity contribution is 5.91. The summed E-state index contributed by atoms with van der Waals surface area (Å²) >= 11 is 0. The summed E-state index contributed by atoms with van der Waals surface area (Å²) in [5.41, 5.74) is -0.348. The van der Waals surface area contributed by atoms with Crippen LogP contribution in [0.1, 0.15) is 40.5 Å². The van der Waals surface area contributed by atoms with E-state index in [1.165, 1.54) is 0 Å². The first-order valence-corrected chi connectivity index (χ1v) is 6.64. The molecule has 2 N–H and O–H groups in total. The molecule has 18 heavy (non-hydrogen) atoms. The molecule has 0 aromatic rings. The van der Waals surface area contributed by atoms with Crippen LogP contribution in [0.25, 0.3) is 0 Å². The fourth-order valence-electron chi connectivity index (χ4n) is 2.12. The van der Waals surface area contributed by atoms with E-state index < -0.39 is 6.10 Å². The Balaban J connectivity index is 2.49. The molecule has 0 bridgehead atoms. The zero-order valence-electron chi connectivity index (χ0n) is 11.8. The normalized spacial score (nSPS) is 18.0. The van der Waals surface area contributed by atoms with E-state index >= 15 is 0 Å². The van der Waals surface area contributed by atoms with Crippen LogP contribution in [0.2, 0.25) is 0 Å². The van der Waals surface area contributed by atoms with Gasteiger partial charge in [0.15, 0.2) is 5.76 Å². The Morgan fingerprint density at radius 1 is 1.56 bits per heavy atom. The van der Waals surface area contributed by atoms with Crippen molar-refractivity contribution in [3.63, 3.8) is 0 Å². The number of ether oxygens (including phenoxy) is 1. The van der Waals surface area contributed by atoms with Crippen LogP contribution < -0.4 is 5.32 Å². The molecule has 1 unspecified atom stereocenters. The number of aliphatic hydroxyl groups excluding tert-OH is 1. The molecule has 104 valence electrons. The lowest BCUT2D eigenvalue weighted by molar-refractivity contribution is -0.122. The minimum Gasteiger partial charge on any atom is -0.488 e. The quantitative estimate of drug-likeness (QED) is 0.788. The Bertz CT molecular complexity index is 321. The highest BCUT2D eigenvalue weighted by atomic mass is 16.5. The predicted octanol–water partition coefficient (Wildman–Crippen LogP) is 1.84. The van der Waals surface area contributed by atoms with Gasteiger partial charge in [0, 0.05) is 12.0 Å². The second-order valence-electron chi connectivity index (χ2n) is 5.92. The molecule has 1 rings (SSSR count). The van der Waals surface area contributed by atoms with Gasteiger partial charge < -0.3 is 15.2 Å². The standard InChI is InChI=1S/C14H25NO3/c1-10(2)12(16)14(3,4)9-15-13(17)11-7-5-6-8-18-11/h7,10,12,16H,5-6,8-9H2,1-4H3,(H,15,17). The topological polar surface area (TPSA) is 58.6 Å².